The van der Waals surface area contributed by atoms with Gasteiger partial charge in [-0.2, -0.15) is 0 Å². The van der Waals surface area contributed by atoms with Gasteiger partial charge < -0.3 is 10.0 Å². The quantitative estimate of drug-likeness (QED) is 0.263. The first-order valence-electron chi connectivity index (χ1n) is 7.01. The van der Waals surface area contributed by atoms with Gasteiger partial charge in [0.15, 0.2) is 0 Å². The zero-order chi connectivity index (χ0) is 19.4. The third kappa shape index (κ3) is 3.30. The Labute approximate surface area is 182 Å². The van der Waals surface area contributed by atoms with Crippen LogP contribution in [0.5, 0.6) is 0 Å². The number of carboxylic acid groups (broad SMARTS) is 1. The molecule has 5 nitrogen and oxygen atoms in total. The molecule has 3 rings (SSSR count). The van der Waals surface area contributed by atoms with E-state index in [1.54, 1.807) is 6.92 Å². The molecule has 2 aliphatic heterocycles. The molecule has 1 amide bonds. The van der Waals surface area contributed by atoms with Crippen LogP contribution in [0.25, 0.3) is 0 Å². The van der Waals surface area contributed by atoms with E-state index in [2.05, 4.69) is 4.40 Å². The molecular weight excluding hydrogens is 486 g/mol. The van der Waals surface area contributed by atoms with Gasteiger partial charge in [-0.1, -0.05) is 58.0 Å². The summed E-state index contributed by atoms with van der Waals surface area (Å²) in [5.41, 5.74) is -0.666. The first-order chi connectivity index (χ1) is 12.1. The number of thioether (sulfide) groups is 1. The second-order valence-corrected chi connectivity index (χ2v) is 9.66. The molecule has 0 saturated carbocycles. The molecule has 1 N–H and O–H groups in total. The van der Waals surface area contributed by atoms with Crippen LogP contribution >= 0.6 is 81.7 Å². The van der Waals surface area contributed by atoms with Gasteiger partial charge in [-0.25, -0.2) is 4.40 Å². The Bertz CT molecular complexity index is 836. The number of carbonyl (C=O) groups is 2. The highest BCUT2D eigenvalue weighted by Crippen LogP contribution is 2.49. The Hall–Kier alpha value is -0.0200. The van der Waals surface area contributed by atoms with E-state index in [1.165, 1.54) is 16.7 Å². The molecule has 2 saturated heterocycles. The number of fused-ring (bicyclic) bond motifs is 1. The van der Waals surface area contributed by atoms with Crippen LogP contribution < -0.4 is 0 Å². The molecule has 0 spiro atoms. The Morgan fingerprint density at radius 2 is 1.73 bits per heavy atom. The Morgan fingerprint density at radius 3 is 2.27 bits per heavy atom. The highest BCUT2D eigenvalue weighted by Gasteiger charge is 2.53. The van der Waals surface area contributed by atoms with Crippen molar-refractivity contribution in [3.05, 3.63) is 25.1 Å². The first-order valence-corrected chi connectivity index (χ1v) is 10.7. The van der Waals surface area contributed by atoms with Crippen molar-refractivity contribution < 1.29 is 14.7 Å². The maximum atomic E-state index is 12.3. The molecule has 1 aromatic rings. The fourth-order valence-corrected chi connectivity index (χ4v) is 6.08. The molecule has 2 fully saturated rings. The summed E-state index contributed by atoms with van der Waals surface area (Å²) in [5.74, 6) is -0.874. The molecule has 26 heavy (non-hydrogen) atoms. The Balaban J connectivity index is 1.83. The van der Waals surface area contributed by atoms with Gasteiger partial charge in [0.2, 0.25) is 0 Å². The highest BCUT2D eigenvalue weighted by atomic mass is 35.5. The van der Waals surface area contributed by atoms with Crippen molar-refractivity contribution in [2.24, 2.45) is 9.81 Å². The summed E-state index contributed by atoms with van der Waals surface area (Å²) in [6.45, 7) is 1.76. The summed E-state index contributed by atoms with van der Waals surface area (Å²) in [5, 5.41) is 9.36. The van der Waals surface area contributed by atoms with Gasteiger partial charge in [0, 0.05) is 24.2 Å². The number of aliphatic carboxylic acids is 1. The molecular formula is C14H9Cl5N2O3S2. The zero-order valence-corrected chi connectivity index (χ0v) is 18.3. The van der Waals surface area contributed by atoms with Crippen LogP contribution in [0.1, 0.15) is 6.92 Å². The maximum Gasteiger partial charge on any atom is 0.312 e. The second kappa shape index (κ2) is 7.43. The van der Waals surface area contributed by atoms with Gasteiger partial charge >= 0.3 is 5.97 Å². The van der Waals surface area contributed by atoms with Gasteiger partial charge in [-0.05, 0) is 6.92 Å². The topological polar surface area (TPSA) is 70.0 Å². The lowest BCUT2D eigenvalue weighted by molar-refractivity contribution is -0.149. The molecule has 1 unspecified atom stereocenters. The van der Waals surface area contributed by atoms with E-state index in [1.807, 2.05) is 0 Å². The normalized spacial score (nSPS) is 26.7. The van der Waals surface area contributed by atoms with Crippen molar-refractivity contribution in [3.63, 3.8) is 0 Å². The third-order valence-corrected chi connectivity index (χ3v) is 8.97. The van der Waals surface area contributed by atoms with E-state index in [9.17, 15) is 14.7 Å². The van der Waals surface area contributed by atoms with Crippen molar-refractivity contribution in [1.82, 2.24) is 4.90 Å². The highest BCUT2D eigenvalue weighted by molar-refractivity contribution is 8.01. The van der Waals surface area contributed by atoms with Crippen molar-refractivity contribution in [2.75, 3.05) is 12.3 Å². The number of hydrogen-bond acceptors (Lipinski definition) is 5. The van der Waals surface area contributed by atoms with Crippen LogP contribution in [0.15, 0.2) is 9.29 Å². The minimum Gasteiger partial charge on any atom is -0.481 e. The zero-order valence-electron chi connectivity index (χ0n) is 12.9. The van der Waals surface area contributed by atoms with Crippen molar-refractivity contribution in [3.8, 4) is 0 Å². The SMILES string of the molecule is CC1(C(=O)O)CS[C@@H]2C(=NSc3c(Cl)c(Cl)c(Cl)c(Cl)c3Cl)C(=O)N2C1. The number of amides is 1. The molecule has 2 heterocycles. The summed E-state index contributed by atoms with van der Waals surface area (Å²) in [7, 11) is 0. The smallest absolute Gasteiger partial charge is 0.312 e. The number of β-lactam (4-membered cyclic amide) rings is 1. The number of benzene rings is 1. The molecule has 140 valence electrons. The summed E-state index contributed by atoms with van der Waals surface area (Å²) >= 11 is 32.5. The van der Waals surface area contributed by atoms with E-state index >= 15 is 0 Å². The monoisotopic (exact) mass is 492 g/mol. The largest absolute Gasteiger partial charge is 0.481 e. The van der Waals surface area contributed by atoms with Crippen LogP contribution in [0.4, 0.5) is 0 Å². The second-order valence-electron chi connectivity index (χ2n) is 5.93. The van der Waals surface area contributed by atoms with Crippen LogP contribution in [-0.4, -0.2) is 45.3 Å². The average Bonchev–Trinajstić information content (AvgIpc) is 2.61. The van der Waals surface area contributed by atoms with E-state index in [-0.39, 0.29) is 42.9 Å². The number of carboxylic acids is 1. The number of carbonyl (C=O) groups excluding carboxylic acids is 1. The molecule has 0 aliphatic carbocycles. The molecule has 12 heteroatoms. The third-order valence-electron chi connectivity index (χ3n) is 4.00. The average molecular weight is 495 g/mol. The van der Waals surface area contributed by atoms with Crippen molar-refractivity contribution in [2.45, 2.75) is 17.2 Å². The number of rotatable bonds is 3. The lowest BCUT2D eigenvalue weighted by Crippen LogP contribution is -2.66. The Morgan fingerprint density at radius 1 is 1.19 bits per heavy atom. The molecule has 2 aliphatic rings. The maximum absolute atomic E-state index is 12.3. The Kier molecular flexibility index (Phi) is 5.91. The lowest BCUT2D eigenvalue weighted by Gasteiger charge is -2.48. The van der Waals surface area contributed by atoms with Crippen molar-refractivity contribution >= 4 is 99.3 Å². The van der Waals surface area contributed by atoms with E-state index in [0.29, 0.717) is 16.4 Å². The number of hydrogen-bond donors (Lipinski definition) is 1. The van der Waals surface area contributed by atoms with Crippen LogP contribution in [0, 0.1) is 5.41 Å². The van der Waals surface area contributed by atoms with Gasteiger partial charge in [-0.3, -0.25) is 9.59 Å². The molecule has 0 bridgehead atoms. The van der Waals surface area contributed by atoms with Gasteiger partial charge in [-0.15, -0.1) is 11.8 Å². The van der Waals surface area contributed by atoms with Crippen LogP contribution in [0.2, 0.25) is 25.1 Å². The molecule has 1 aromatic carbocycles. The summed E-state index contributed by atoms with van der Waals surface area (Å²) in [4.78, 5) is 25.5. The van der Waals surface area contributed by atoms with E-state index in [4.69, 9.17) is 58.0 Å². The molecule has 0 radical (unpaired) electrons. The molecule has 2 atom stereocenters. The van der Waals surface area contributed by atoms with Crippen molar-refractivity contribution in [1.29, 1.82) is 0 Å². The van der Waals surface area contributed by atoms with Crippen LogP contribution in [-0.2, 0) is 9.59 Å². The first kappa shape index (κ1) is 20.7. The summed E-state index contributed by atoms with van der Waals surface area (Å²) in [6, 6.07) is 0. The number of nitrogens with zero attached hydrogens (tertiary/aromatic N) is 2. The minimum atomic E-state index is -0.973. The predicted molar refractivity (Wildman–Crippen MR) is 108 cm³/mol. The molecule has 0 aromatic heterocycles. The van der Waals surface area contributed by atoms with Gasteiger partial charge in [0.25, 0.3) is 5.91 Å². The van der Waals surface area contributed by atoms with Gasteiger partial charge in [0.05, 0.1) is 35.4 Å². The van der Waals surface area contributed by atoms with Crippen LogP contribution in [0.3, 0.4) is 0 Å². The fourth-order valence-electron chi connectivity index (χ4n) is 2.42. The standard InChI is InChI=1S/C14H9Cl5N2O3S2/c1-14(13(23)24)2-21-11(22)9(12(21)25-3-14)20-26-10-7(18)5(16)4(15)6(17)8(10)19/h12H,2-3H2,1H3,(H,23,24)/t12-,14?/m1/s1. The predicted octanol–water partition coefficient (Wildman–Crippen LogP) is 5.41. The fraction of sp³-hybridized carbons (Fsp3) is 0.357. The number of halogens is 5. The lowest BCUT2D eigenvalue weighted by atomic mass is 9.90. The van der Waals surface area contributed by atoms with E-state index in [0.717, 1.165) is 11.9 Å². The van der Waals surface area contributed by atoms with E-state index < -0.39 is 11.4 Å². The minimum absolute atomic E-state index is 0.0435. The van der Waals surface area contributed by atoms with Gasteiger partial charge in [0.1, 0.15) is 11.1 Å². The summed E-state index contributed by atoms with van der Waals surface area (Å²) < 4.78 is 4.24. The summed E-state index contributed by atoms with van der Waals surface area (Å²) in [6.07, 6.45) is 0.